The van der Waals surface area contributed by atoms with Crippen LogP contribution in [-0.4, -0.2) is 40.3 Å². The van der Waals surface area contributed by atoms with Gasteiger partial charge < -0.3 is 10.6 Å². The summed E-state index contributed by atoms with van der Waals surface area (Å²) in [6.07, 6.45) is 3.48. The van der Waals surface area contributed by atoms with Gasteiger partial charge in [-0.3, -0.25) is 15.0 Å². The van der Waals surface area contributed by atoms with Crippen molar-refractivity contribution in [3.63, 3.8) is 0 Å². The number of amides is 1. The summed E-state index contributed by atoms with van der Waals surface area (Å²) in [5.41, 5.74) is 7.96. The molecule has 134 valence electrons. The maximum atomic E-state index is 12.4. The minimum atomic E-state index is -0.505. The zero-order valence-corrected chi connectivity index (χ0v) is 14.7. The van der Waals surface area contributed by atoms with Gasteiger partial charge in [0.1, 0.15) is 5.69 Å². The fraction of sp³-hybridized carbons (Fsp3) is 0.333. The lowest BCUT2D eigenvalue weighted by atomic mass is 10.1. The highest BCUT2D eigenvalue weighted by molar-refractivity contribution is 5.92. The molecule has 0 saturated carbocycles. The number of anilines is 1. The number of nitrogens with zero attached hydrogens (tertiary/aromatic N) is 3. The molecule has 0 aliphatic carbocycles. The van der Waals surface area contributed by atoms with E-state index >= 15 is 0 Å². The Bertz CT molecular complexity index is 690. The van der Waals surface area contributed by atoms with E-state index in [1.54, 1.807) is 12.3 Å². The summed E-state index contributed by atoms with van der Waals surface area (Å²) in [5, 5.41) is 10.8. The third-order valence-corrected chi connectivity index (χ3v) is 4.28. The molecular formula is C18H23ClN4O2. The van der Waals surface area contributed by atoms with E-state index < -0.39 is 5.91 Å². The number of hydrogen-bond acceptors (Lipinski definition) is 5. The largest absolute Gasteiger partial charge is 0.371 e. The van der Waals surface area contributed by atoms with Crippen LogP contribution in [0.3, 0.4) is 0 Å². The molecule has 2 heterocycles. The number of aromatic nitrogens is 1. The predicted octanol–water partition coefficient (Wildman–Crippen LogP) is 2.46. The molecule has 25 heavy (non-hydrogen) atoms. The fourth-order valence-corrected chi connectivity index (χ4v) is 2.85. The highest BCUT2D eigenvalue weighted by Gasteiger charge is 2.20. The quantitative estimate of drug-likeness (QED) is 0.645. The Morgan fingerprint density at radius 1 is 1.24 bits per heavy atom. The van der Waals surface area contributed by atoms with Crippen molar-refractivity contribution in [1.29, 1.82) is 0 Å². The number of rotatable bonds is 4. The van der Waals surface area contributed by atoms with E-state index in [0.29, 0.717) is 5.06 Å². The van der Waals surface area contributed by atoms with Gasteiger partial charge in [0, 0.05) is 31.0 Å². The van der Waals surface area contributed by atoms with E-state index in [-0.39, 0.29) is 30.7 Å². The van der Waals surface area contributed by atoms with Crippen LogP contribution in [0.1, 0.15) is 28.9 Å². The maximum Gasteiger partial charge on any atom is 0.296 e. The number of pyridine rings is 1. The maximum absolute atomic E-state index is 12.4. The second kappa shape index (κ2) is 8.80. The first kappa shape index (κ1) is 19.2. The lowest BCUT2D eigenvalue weighted by Gasteiger charge is -2.32. The molecule has 1 aliphatic heterocycles. The van der Waals surface area contributed by atoms with Crippen LogP contribution in [-0.2, 0) is 6.54 Å². The number of carbonyl (C=O) groups excluding carboxylic acids is 1. The summed E-state index contributed by atoms with van der Waals surface area (Å²) in [6.45, 7) is 1.86. The molecule has 1 amide bonds. The molecule has 6 nitrogen and oxygen atoms in total. The van der Waals surface area contributed by atoms with Gasteiger partial charge in [-0.1, -0.05) is 30.3 Å². The van der Waals surface area contributed by atoms with Gasteiger partial charge in [0.05, 0.1) is 6.54 Å². The second-order valence-electron chi connectivity index (χ2n) is 6.07. The fourth-order valence-electron chi connectivity index (χ4n) is 2.85. The third-order valence-electron chi connectivity index (χ3n) is 4.28. The molecule has 0 unspecified atom stereocenters. The summed E-state index contributed by atoms with van der Waals surface area (Å²) in [7, 11) is 0. The molecule has 1 aromatic carbocycles. The summed E-state index contributed by atoms with van der Waals surface area (Å²) < 4.78 is 0. The number of hydroxylamine groups is 2. The Hall–Kier alpha value is -2.15. The number of nitrogens with two attached hydrogens (primary N) is 1. The minimum absolute atomic E-state index is 0. The van der Waals surface area contributed by atoms with Crippen LogP contribution in [0.5, 0.6) is 0 Å². The monoisotopic (exact) mass is 362 g/mol. The second-order valence-corrected chi connectivity index (χ2v) is 6.07. The van der Waals surface area contributed by atoms with E-state index in [4.69, 9.17) is 5.73 Å². The molecule has 1 saturated heterocycles. The molecule has 0 spiro atoms. The molecule has 1 fully saturated rings. The lowest BCUT2D eigenvalue weighted by Crippen LogP contribution is -2.39. The summed E-state index contributed by atoms with van der Waals surface area (Å²) >= 11 is 0. The van der Waals surface area contributed by atoms with Crippen LogP contribution in [0.25, 0.3) is 0 Å². The van der Waals surface area contributed by atoms with E-state index in [1.807, 2.05) is 36.4 Å². The van der Waals surface area contributed by atoms with Crippen molar-refractivity contribution in [3.05, 3.63) is 59.9 Å². The zero-order chi connectivity index (χ0) is 16.9. The van der Waals surface area contributed by atoms with Crippen molar-refractivity contribution in [3.8, 4) is 0 Å². The molecule has 3 N–H and O–H groups in total. The molecule has 3 rings (SSSR count). The summed E-state index contributed by atoms with van der Waals surface area (Å²) in [5.74, 6) is -0.505. The van der Waals surface area contributed by atoms with Gasteiger partial charge in [-0.15, -0.1) is 12.4 Å². The van der Waals surface area contributed by atoms with Crippen molar-refractivity contribution in [2.24, 2.45) is 5.73 Å². The first-order valence-electron chi connectivity index (χ1n) is 8.15. The van der Waals surface area contributed by atoms with Gasteiger partial charge in [-0.25, -0.2) is 5.06 Å². The molecule has 0 radical (unpaired) electrons. The van der Waals surface area contributed by atoms with Crippen LogP contribution in [0.2, 0.25) is 0 Å². The van der Waals surface area contributed by atoms with Crippen LogP contribution in [0, 0.1) is 0 Å². The number of benzene rings is 1. The third kappa shape index (κ3) is 4.92. The highest BCUT2D eigenvalue weighted by atomic mass is 35.5. The van der Waals surface area contributed by atoms with Gasteiger partial charge in [-0.05, 0) is 30.5 Å². The first-order valence-corrected chi connectivity index (χ1v) is 8.15. The summed E-state index contributed by atoms with van der Waals surface area (Å²) in [6, 6.07) is 13.2. The number of halogens is 1. The molecular weight excluding hydrogens is 340 g/mol. The van der Waals surface area contributed by atoms with Gasteiger partial charge in [0.15, 0.2) is 0 Å². The lowest BCUT2D eigenvalue weighted by molar-refractivity contribution is -0.0652. The number of carbonyl (C=O) groups is 1. The predicted molar refractivity (Wildman–Crippen MR) is 99.0 cm³/mol. The Morgan fingerprint density at radius 3 is 2.60 bits per heavy atom. The number of hydrogen-bond donors (Lipinski definition) is 2. The van der Waals surface area contributed by atoms with E-state index in [0.717, 1.165) is 37.2 Å². The van der Waals surface area contributed by atoms with Crippen molar-refractivity contribution in [1.82, 2.24) is 10.0 Å². The molecule has 0 atom stereocenters. The smallest absolute Gasteiger partial charge is 0.296 e. The van der Waals surface area contributed by atoms with Gasteiger partial charge >= 0.3 is 0 Å². The van der Waals surface area contributed by atoms with Crippen LogP contribution < -0.4 is 10.6 Å². The van der Waals surface area contributed by atoms with Crippen molar-refractivity contribution in [2.45, 2.75) is 25.4 Å². The van der Waals surface area contributed by atoms with Crippen LogP contribution in [0.4, 0.5) is 5.69 Å². The molecule has 1 aromatic heterocycles. The molecule has 1 aliphatic rings. The van der Waals surface area contributed by atoms with Crippen molar-refractivity contribution in [2.75, 3.05) is 18.0 Å². The Labute approximate surface area is 153 Å². The first-order chi connectivity index (χ1) is 11.6. The standard InChI is InChI=1S/C18H22N4O2.ClH/c19-15-7-10-21(11-8-15)16-6-9-20-17(12-16)18(23)22(24)13-14-4-2-1-3-5-14;/h1-6,9,12,15,24H,7-8,10-11,13,19H2;1H. The van der Waals surface area contributed by atoms with E-state index in [1.165, 1.54) is 0 Å². The van der Waals surface area contributed by atoms with Gasteiger partial charge in [0.25, 0.3) is 5.91 Å². The van der Waals surface area contributed by atoms with Crippen molar-refractivity contribution < 1.29 is 10.0 Å². The average Bonchev–Trinajstić information content (AvgIpc) is 2.62. The zero-order valence-electron chi connectivity index (χ0n) is 13.9. The topological polar surface area (TPSA) is 82.7 Å². The average molecular weight is 363 g/mol. The SMILES string of the molecule is Cl.NC1CCN(c2ccnc(C(=O)N(O)Cc3ccccc3)c2)CC1. The minimum Gasteiger partial charge on any atom is -0.371 e. The summed E-state index contributed by atoms with van der Waals surface area (Å²) in [4.78, 5) is 18.7. The van der Waals surface area contributed by atoms with Crippen molar-refractivity contribution >= 4 is 24.0 Å². The number of piperidine rings is 1. The van der Waals surface area contributed by atoms with Crippen LogP contribution >= 0.6 is 12.4 Å². The van der Waals surface area contributed by atoms with E-state index in [2.05, 4.69) is 9.88 Å². The Morgan fingerprint density at radius 2 is 1.92 bits per heavy atom. The molecule has 0 bridgehead atoms. The van der Waals surface area contributed by atoms with Crippen LogP contribution in [0.15, 0.2) is 48.7 Å². The van der Waals surface area contributed by atoms with E-state index in [9.17, 15) is 10.0 Å². The molecule has 2 aromatic rings. The normalized spacial score (nSPS) is 14.7. The van der Waals surface area contributed by atoms with Gasteiger partial charge in [-0.2, -0.15) is 0 Å². The highest BCUT2D eigenvalue weighted by Crippen LogP contribution is 2.20. The van der Waals surface area contributed by atoms with Gasteiger partial charge in [0.2, 0.25) is 0 Å². The molecule has 7 heteroatoms. The Balaban J connectivity index is 0.00000225. The Kier molecular flexibility index (Phi) is 6.75.